The molecule has 2 amide bonds. The number of nitrogens with one attached hydrogen (secondary N) is 1. The molecule has 0 unspecified atom stereocenters. The molecule has 1 aliphatic rings. The standard InChI is InChI=1S/C18H20N2O3/c1-13-4-2-5-14(10-13)11-19-18(22)16-7-8-17(21)20(16)12-15-6-3-9-23-15/h2-6,9-10,16H,7-8,11-12H2,1H3,(H,19,22)/t16-/m1/s1. The van der Waals surface area contributed by atoms with Crippen molar-refractivity contribution < 1.29 is 14.0 Å². The number of likely N-dealkylation sites (tertiary alicyclic amines) is 1. The van der Waals surface area contributed by atoms with Crippen LogP contribution in [0, 0.1) is 6.92 Å². The zero-order chi connectivity index (χ0) is 16.2. The monoisotopic (exact) mass is 312 g/mol. The van der Waals surface area contributed by atoms with Gasteiger partial charge in [-0.05, 0) is 31.0 Å². The van der Waals surface area contributed by atoms with Crippen molar-refractivity contribution in [2.24, 2.45) is 0 Å². The molecule has 2 heterocycles. The van der Waals surface area contributed by atoms with Crippen LogP contribution in [0.2, 0.25) is 0 Å². The van der Waals surface area contributed by atoms with Gasteiger partial charge >= 0.3 is 0 Å². The molecule has 3 rings (SSSR count). The molecule has 0 aliphatic carbocycles. The number of carbonyl (C=O) groups excluding carboxylic acids is 2. The highest BCUT2D eigenvalue weighted by atomic mass is 16.3. The molecule has 5 heteroatoms. The first kappa shape index (κ1) is 15.3. The molecular weight excluding hydrogens is 292 g/mol. The first-order valence-electron chi connectivity index (χ1n) is 7.78. The van der Waals surface area contributed by atoms with Crippen LogP contribution < -0.4 is 5.32 Å². The molecule has 1 aliphatic heterocycles. The number of amides is 2. The number of furan rings is 1. The van der Waals surface area contributed by atoms with Crippen LogP contribution in [0.1, 0.15) is 29.7 Å². The molecule has 0 saturated carbocycles. The average molecular weight is 312 g/mol. The first-order valence-corrected chi connectivity index (χ1v) is 7.78. The molecule has 1 N–H and O–H groups in total. The minimum absolute atomic E-state index is 0.00268. The number of nitrogens with zero attached hydrogens (tertiary/aromatic N) is 1. The van der Waals surface area contributed by atoms with E-state index in [0.717, 1.165) is 11.1 Å². The maximum Gasteiger partial charge on any atom is 0.243 e. The predicted octanol–water partition coefficient (Wildman–Crippen LogP) is 2.40. The number of benzene rings is 1. The lowest BCUT2D eigenvalue weighted by molar-refractivity contribution is -0.136. The van der Waals surface area contributed by atoms with Crippen molar-refractivity contribution in [1.82, 2.24) is 10.2 Å². The lowest BCUT2D eigenvalue weighted by Gasteiger charge is -2.23. The van der Waals surface area contributed by atoms with Gasteiger partial charge in [0.15, 0.2) is 0 Å². The van der Waals surface area contributed by atoms with Crippen LogP contribution in [-0.2, 0) is 22.7 Å². The van der Waals surface area contributed by atoms with Gasteiger partial charge in [0.1, 0.15) is 11.8 Å². The van der Waals surface area contributed by atoms with E-state index in [-0.39, 0.29) is 11.8 Å². The van der Waals surface area contributed by atoms with Gasteiger partial charge in [0, 0.05) is 13.0 Å². The Morgan fingerprint density at radius 3 is 2.96 bits per heavy atom. The van der Waals surface area contributed by atoms with Crippen molar-refractivity contribution in [3.05, 3.63) is 59.5 Å². The molecule has 0 spiro atoms. The van der Waals surface area contributed by atoms with E-state index in [1.54, 1.807) is 17.2 Å². The summed E-state index contributed by atoms with van der Waals surface area (Å²) in [7, 11) is 0. The smallest absolute Gasteiger partial charge is 0.243 e. The minimum atomic E-state index is -0.419. The molecule has 1 aromatic heterocycles. The second kappa shape index (κ2) is 6.69. The Kier molecular flexibility index (Phi) is 4.46. The molecule has 0 radical (unpaired) electrons. The van der Waals surface area contributed by atoms with E-state index >= 15 is 0 Å². The van der Waals surface area contributed by atoms with Crippen LogP contribution >= 0.6 is 0 Å². The number of rotatable bonds is 5. The molecule has 1 fully saturated rings. The Morgan fingerprint density at radius 2 is 2.22 bits per heavy atom. The van der Waals surface area contributed by atoms with Gasteiger partial charge in [0.25, 0.3) is 0 Å². The summed E-state index contributed by atoms with van der Waals surface area (Å²) in [5.74, 6) is 0.581. The summed E-state index contributed by atoms with van der Waals surface area (Å²) in [5, 5.41) is 2.93. The summed E-state index contributed by atoms with van der Waals surface area (Å²) in [6, 6.07) is 11.2. The highest BCUT2D eigenvalue weighted by Crippen LogP contribution is 2.22. The highest BCUT2D eigenvalue weighted by molar-refractivity contribution is 5.90. The van der Waals surface area contributed by atoms with Crippen LogP contribution in [0.3, 0.4) is 0 Å². The van der Waals surface area contributed by atoms with E-state index in [9.17, 15) is 9.59 Å². The quantitative estimate of drug-likeness (QED) is 0.922. The highest BCUT2D eigenvalue weighted by Gasteiger charge is 2.36. The number of hydrogen-bond acceptors (Lipinski definition) is 3. The van der Waals surface area contributed by atoms with E-state index in [1.807, 2.05) is 37.3 Å². The van der Waals surface area contributed by atoms with E-state index in [0.29, 0.717) is 31.7 Å². The average Bonchev–Trinajstić information content (AvgIpc) is 3.16. The Morgan fingerprint density at radius 1 is 1.35 bits per heavy atom. The van der Waals surface area contributed by atoms with Gasteiger partial charge in [-0.3, -0.25) is 9.59 Å². The van der Waals surface area contributed by atoms with Crippen molar-refractivity contribution in [3.63, 3.8) is 0 Å². The number of carbonyl (C=O) groups is 2. The van der Waals surface area contributed by atoms with Gasteiger partial charge in [0.2, 0.25) is 11.8 Å². The lowest BCUT2D eigenvalue weighted by Crippen LogP contribution is -2.44. The minimum Gasteiger partial charge on any atom is -0.467 e. The second-order valence-electron chi connectivity index (χ2n) is 5.86. The van der Waals surface area contributed by atoms with Crippen LogP contribution in [0.5, 0.6) is 0 Å². The summed E-state index contributed by atoms with van der Waals surface area (Å²) in [6.45, 7) is 2.83. The molecule has 1 aromatic carbocycles. The fourth-order valence-corrected chi connectivity index (χ4v) is 2.90. The molecule has 1 saturated heterocycles. The Bertz CT molecular complexity index is 694. The predicted molar refractivity (Wildman–Crippen MR) is 85.3 cm³/mol. The topological polar surface area (TPSA) is 62.6 Å². The van der Waals surface area contributed by atoms with E-state index < -0.39 is 6.04 Å². The van der Waals surface area contributed by atoms with Crippen molar-refractivity contribution in [3.8, 4) is 0 Å². The second-order valence-corrected chi connectivity index (χ2v) is 5.86. The molecule has 5 nitrogen and oxygen atoms in total. The maximum absolute atomic E-state index is 12.5. The lowest BCUT2D eigenvalue weighted by atomic mass is 10.1. The summed E-state index contributed by atoms with van der Waals surface area (Å²) >= 11 is 0. The van der Waals surface area contributed by atoms with Crippen LogP contribution in [-0.4, -0.2) is 22.8 Å². The maximum atomic E-state index is 12.5. The van der Waals surface area contributed by atoms with E-state index in [4.69, 9.17) is 4.42 Å². The van der Waals surface area contributed by atoms with Crippen LogP contribution in [0.15, 0.2) is 47.1 Å². The zero-order valence-electron chi connectivity index (χ0n) is 13.1. The normalized spacial score (nSPS) is 17.5. The van der Waals surface area contributed by atoms with Gasteiger partial charge in [-0.15, -0.1) is 0 Å². The van der Waals surface area contributed by atoms with E-state index in [2.05, 4.69) is 5.32 Å². The summed E-state index contributed by atoms with van der Waals surface area (Å²) in [5.41, 5.74) is 2.22. The summed E-state index contributed by atoms with van der Waals surface area (Å²) < 4.78 is 5.29. The Balaban J connectivity index is 1.62. The van der Waals surface area contributed by atoms with Crippen LogP contribution in [0.4, 0.5) is 0 Å². The van der Waals surface area contributed by atoms with Crippen molar-refractivity contribution in [2.75, 3.05) is 0 Å². The molecule has 2 aromatic rings. The number of aryl methyl sites for hydroxylation is 1. The summed E-state index contributed by atoms with van der Waals surface area (Å²) in [4.78, 5) is 26.1. The van der Waals surface area contributed by atoms with E-state index in [1.165, 1.54) is 0 Å². The molecule has 23 heavy (non-hydrogen) atoms. The van der Waals surface area contributed by atoms with Gasteiger partial charge < -0.3 is 14.6 Å². The SMILES string of the molecule is Cc1cccc(CNC(=O)[C@H]2CCC(=O)N2Cc2ccco2)c1. The molecule has 1 atom stereocenters. The molecule has 0 bridgehead atoms. The first-order chi connectivity index (χ1) is 11.1. The van der Waals surface area contributed by atoms with Crippen molar-refractivity contribution in [1.29, 1.82) is 0 Å². The number of hydrogen-bond donors (Lipinski definition) is 1. The zero-order valence-corrected chi connectivity index (χ0v) is 13.1. The van der Waals surface area contributed by atoms with Gasteiger partial charge in [-0.2, -0.15) is 0 Å². The molecule has 120 valence electrons. The van der Waals surface area contributed by atoms with Crippen LogP contribution in [0.25, 0.3) is 0 Å². The third-order valence-electron chi connectivity index (χ3n) is 4.09. The molecular formula is C18H20N2O3. The fourth-order valence-electron chi connectivity index (χ4n) is 2.90. The Hall–Kier alpha value is -2.56. The third kappa shape index (κ3) is 3.62. The third-order valence-corrected chi connectivity index (χ3v) is 4.09. The van der Waals surface area contributed by atoms with Gasteiger partial charge in [0.05, 0.1) is 12.8 Å². The van der Waals surface area contributed by atoms with Gasteiger partial charge in [-0.25, -0.2) is 0 Å². The van der Waals surface area contributed by atoms with Crippen molar-refractivity contribution >= 4 is 11.8 Å². The summed E-state index contributed by atoms with van der Waals surface area (Å²) in [6.07, 6.45) is 2.53. The fraction of sp³-hybridized carbons (Fsp3) is 0.333. The van der Waals surface area contributed by atoms with Crippen molar-refractivity contribution in [2.45, 2.75) is 38.9 Å². The Labute approximate surface area is 135 Å². The largest absolute Gasteiger partial charge is 0.467 e. The van der Waals surface area contributed by atoms with Gasteiger partial charge in [-0.1, -0.05) is 29.8 Å².